The Balaban J connectivity index is 0.00000169. The second kappa shape index (κ2) is 4.80. The minimum absolute atomic E-state index is 0. The molecule has 0 bridgehead atoms. The lowest BCUT2D eigenvalue weighted by Gasteiger charge is -2.26. The fourth-order valence-electron chi connectivity index (χ4n) is 2.00. The quantitative estimate of drug-likeness (QED) is 0.662. The summed E-state index contributed by atoms with van der Waals surface area (Å²) in [7, 11) is 0. The van der Waals surface area contributed by atoms with E-state index >= 15 is 0 Å². The lowest BCUT2D eigenvalue weighted by molar-refractivity contribution is 0.420. The summed E-state index contributed by atoms with van der Waals surface area (Å²) in [4.78, 5) is 0. The zero-order chi connectivity index (χ0) is 9.84. The fourth-order valence-corrected chi connectivity index (χ4v) is 2.00. The molecular weight excluding hydrogens is 158 g/mol. The monoisotopic (exact) mass is 183 g/mol. The molecule has 78 valence electrons. The third-order valence-corrected chi connectivity index (χ3v) is 2.76. The summed E-state index contributed by atoms with van der Waals surface area (Å²) < 4.78 is 0. The molecule has 0 fully saturated rings. The number of nitrogens with one attached hydrogen (secondary N) is 1. The van der Waals surface area contributed by atoms with Crippen LogP contribution in [0, 0.1) is 5.92 Å². The van der Waals surface area contributed by atoms with Gasteiger partial charge < -0.3 is 5.32 Å². The molecule has 1 heteroatoms. The van der Waals surface area contributed by atoms with Crippen LogP contribution in [0.1, 0.15) is 48.4 Å². The van der Waals surface area contributed by atoms with Crippen LogP contribution in [-0.2, 0) is 0 Å². The third-order valence-electron chi connectivity index (χ3n) is 2.76. The summed E-state index contributed by atoms with van der Waals surface area (Å²) >= 11 is 0. The van der Waals surface area contributed by atoms with E-state index in [1.54, 1.807) is 5.57 Å². The summed E-state index contributed by atoms with van der Waals surface area (Å²) in [5.74, 6) is 0.750. The Morgan fingerprint density at radius 1 is 1.38 bits per heavy atom. The van der Waals surface area contributed by atoms with Gasteiger partial charge in [-0.05, 0) is 25.2 Å². The molecule has 0 saturated heterocycles. The molecule has 0 heterocycles. The van der Waals surface area contributed by atoms with Crippen molar-refractivity contribution in [2.45, 2.75) is 59.0 Å². The maximum Gasteiger partial charge on any atom is 0.0107 e. The van der Waals surface area contributed by atoms with Gasteiger partial charge in [-0.3, -0.25) is 0 Å². The summed E-state index contributed by atoms with van der Waals surface area (Å²) in [5.41, 5.74) is 1.65. The highest BCUT2D eigenvalue weighted by molar-refractivity contribution is 5.10. The highest BCUT2D eigenvalue weighted by atomic mass is 14.9. The Kier molecular flexibility index (Phi) is 3.98. The molecule has 0 amide bonds. The molecule has 1 N–H and O–H groups in total. The average molecular weight is 183 g/mol. The smallest absolute Gasteiger partial charge is 0.0107 e. The first-order valence-corrected chi connectivity index (χ1v) is 5.54. The van der Waals surface area contributed by atoms with Crippen molar-refractivity contribution in [1.82, 2.24) is 5.32 Å². The highest BCUT2D eigenvalue weighted by Gasteiger charge is 2.15. The lowest BCUT2D eigenvalue weighted by atomic mass is 9.88. The maximum atomic E-state index is 3.60. The van der Waals surface area contributed by atoms with Gasteiger partial charge in [-0.1, -0.05) is 39.3 Å². The maximum absolute atomic E-state index is 3.60. The Morgan fingerprint density at radius 2 is 2.08 bits per heavy atom. The van der Waals surface area contributed by atoms with Gasteiger partial charge in [0.25, 0.3) is 0 Å². The minimum atomic E-state index is 0. The third kappa shape index (κ3) is 3.51. The van der Waals surface area contributed by atoms with Crippen molar-refractivity contribution in [3.8, 4) is 0 Å². The molecule has 13 heavy (non-hydrogen) atoms. The second-order valence-corrected chi connectivity index (χ2v) is 4.73. The van der Waals surface area contributed by atoms with E-state index in [4.69, 9.17) is 0 Å². The summed E-state index contributed by atoms with van der Waals surface area (Å²) in [6.45, 7) is 9.04. The molecule has 0 aromatic rings. The van der Waals surface area contributed by atoms with Gasteiger partial charge in [0, 0.05) is 13.5 Å². The van der Waals surface area contributed by atoms with Crippen molar-refractivity contribution in [2.75, 3.05) is 0 Å². The van der Waals surface area contributed by atoms with Crippen LogP contribution in [0.2, 0.25) is 0 Å². The standard InChI is InChI=1S/C12H23N.H2/c1-9(2)11-5-7-12(8-6-11)13-10(3)4;/h5,9-10,12-13H,6-8H2,1-4H3;1H. The van der Waals surface area contributed by atoms with Gasteiger partial charge in [0.2, 0.25) is 0 Å². The van der Waals surface area contributed by atoms with Crippen LogP contribution in [0.5, 0.6) is 0 Å². The average Bonchev–Trinajstić information content (AvgIpc) is 2.04. The predicted molar refractivity (Wildman–Crippen MR) is 60.9 cm³/mol. The molecule has 0 aromatic heterocycles. The van der Waals surface area contributed by atoms with Crippen LogP contribution in [0.3, 0.4) is 0 Å². The Labute approximate surface area is 84.1 Å². The largest absolute Gasteiger partial charge is 0.311 e. The van der Waals surface area contributed by atoms with E-state index < -0.39 is 0 Å². The number of hydrogen-bond donors (Lipinski definition) is 1. The molecule has 1 atom stereocenters. The molecule has 1 aliphatic carbocycles. The first-order valence-electron chi connectivity index (χ1n) is 5.54. The molecular formula is C12H25N. The van der Waals surface area contributed by atoms with Crippen molar-refractivity contribution in [1.29, 1.82) is 0 Å². The lowest BCUT2D eigenvalue weighted by Crippen LogP contribution is -2.35. The molecule has 0 aliphatic heterocycles. The first kappa shape index (κ1) is 10.8. The van der Waals surface area contributed by atoms with Crippen molar-refractivity contribution in [2.24, 2.45) is 5.92 Å². The van der Waals surface area contributed by atoms with Gasteiger partial charge in [-0.25, -0.2) is 0 Å². The van der Waals surface area contributed by atoms with E-state index in [2.05, 4.69) is 39.1 Å². The highest BCUT2D eigenvalue weighted by Crippen LogP contribution is 2.24. The summed E-state index contributed by atoms with van der Waals surface area (Å²) in [5, 5.41) is 3.60. The Hall–Kier alpha value is -0.300. The second-order valence-electron chi connectivity index (χ2n) is 4.73. The summed E-state index contributed by atoms with van der Waals surface area (Å²) in [6, 6.07) is 1.35. The van der Waals surface area contributed by atoms with Crippen LogP contribution >= 0.6 is 0 Å². The van der Waals surface area contributed by atoms with Crippen LogP contribution in [0.4, 0.5) is 0 Å². The first-order chi connectivity index (χ1) is 6.09. The van der Waals surface area contributed by atoms with Gasteiger partial charge >= 0.3 is 0 Å². The van der Waals surface area contributed by atoms with Crippen LogP contribution < -0.4 is 5.32 Å². The zero-order valence-electron chi connectivity index (χ0n) is 9.43. The van der Waals surface area contributed by atoms with Gasteiger partial charge in [-0.2, -0.15) is 0 Å². The topological polar surface area (TPSA) is 12.0 Å². The molecule has 1 aliphatic rings. The van der Waals surface area contributed by atoms with Crippen LogP contribution in [0.25, 0.3) is 0 Å². The molecule has 0 saturated carbocycles. The molecule has 1 nitrogen and oxygen atoms in total. The molecule has 0 aromatic carbocycles. The van der Waals surface area contributed by atoms with E-state index in [1.807, 2.05) is 0 Å². The number of hydrogen-bond acceptors (Lipinski definition) is 1. The molecule has 1 rings (SSSR count). The molecule has 0 spiro atoms. The van der Waals surface area contributed by atoms with E-state index in [1.165, 1.54) is 19.3 Å². The summed E-state index contributed by atoms with van der Waals surface area (Å²) in [6.07, 6.45) is 6.28. The van der Waals surface area contributed by atoms with Crippen LogP contribution in [0.15, 0.2) is 11.6 Å². The van der Waals surface area contributed by atoms with Crippen molar-refractivity contribution in [3.63, 3.8) is 0 Å². The van der Waals surface area contributed by atoms with Crippen molar-refractivity contribution < 1.29 is 1.43 Å². The van der Waals surface area contributed by atoms with E-state index in [-0.39, 0.29) is 1.43 Å². The predicted octanol–water partition coefficient (Wildman–Crippen LogP) is 3.37. The zero-order valence-corrected chi connectivity index (χ0v) is 9.43. The Bertz CT molecular complexity index is 185. The Morgan fingerprint density at radius 3 is 2.46 bits per heavy atom. The van der Waals surface area contributed by atoms with Crippen LogP contribution in [-0.4, -0.2) is 12.1 Å². The van der Waals surface area contributed by atoms with E-state index in [9.17, 15) is 0 Å². The number of allylic oxidation sites excluding steroid dienone is 1. The van der Waals surface area contributed by atoms with Gasteiger partial charge in [0.15, 0.2) is 0 Å². The minimum Gasteiger partial charge on any atom is -0.311 e. The van der Waals surface area contributed by atoms with Gasteiger partial charge in [0.05, 0.1) is 0 Å². The van der Waals surface area contributed by atoms with Gasteiger partial charge in [0.1, 0.15) is 0 Å². The van der Waals surface area contributed by atoms with Crippen molar-refractivity contribution in [3.05, 3.63) is 11.6 Å². The van der Waals surface area contributed by atoms with Gasteiger partial charge in [-0.15, -0.1) is 0 Å². The normalized spacial score (nSPS) is 23.8. The number of rotatable bonds is 3. The fraction of sp³-hybridized carbons (Fsp3) is 0.833. The van der Waals surface area contributed by atoms with Crippen molar-refractivity contribution >= 4 is 0 Å². The van der Waals surface area contributed by atoms with E-state index in [0.29, 0.717) is 6.04 Å². The van der Waals surface area contributed by atoms with E-state index in [0.717, 1.165) is 12.0 Å². The SMILES string of the molecule is CC(C)NC1CC=C(C(C)C)CC1.[HH]. The molecule has 0 radical (unpaired) electrons. The molecule has 1 unspecified atom stereocenters.